The first kappa shape index (κ1) is 12.2. The topological polar surface area (TPSA) is 103 Å². The molecule has 0 saturated carbocycles. The minimum atomic E-state index is -1.17. The van der Waals surface area contributed by atoms with Crippen LogP contribution in [0.3, 0.4) is 0 Å². The van der Waals surface area contributed by atoms with Crippen molar-refractivity contribution >= 4 is 17.0 Å². The largest absolute Gasteiger partial charge is 0.475 e. The normalized spacial score (nSPS) is 11.1. The number of aryl methyl sites for hydroxylation is 1. The summed E-state index contributed by atoms with van der Waals surface area (Å²) in [6, 6.07) is 1.52. The van der Waals surface area contributed by atoms with Crippen LogP contribution >= 0.6 is 0 Å². The predicted octanol–water partition coefficient (Wildman–Crippen LogP) is 0.469. The van der Waals surface area contributed by atoms with E-state index in [0.29, 0.717) is 16.6 Å². The summed E-state index contributed by atoms with van der Waals surface area (Å²) < 4.78 is 7.70. The van der Waals surface area contributed by atoms with Crippen LogP contribution in [0.1, 0.15) is 16.1 Å². The van der Waals surface area contributed by atoms with E-state index in [4.69, 9.17) is 9.52 Å². The van der Waals surface area contributed by atoms with E-state index in [0.717, 1.165) is 0 Å². The molecule has 0 aliphatic rings. The number of aromatic carboxylic acids is 1. The molecule has 1 N–H and O–H groups in total. The van der Waals surface area contributed by atoms with Crippen LogP contribution < -0.4 is 5.56 Å². The van der Waals surface area contributed by atoms with Gasteiger partial charge in [-0.3, -0.25) is 14.0 Å². The Morgan fingerprint density at radius 2 is 2.30 bits per heavy atom. The summed E-state index contributed by atoms with van der Waals surface area (Å²) in [5.74, 6) is -1.35. The lowest BCUT2D eigenvalue weighted by Crippen LogP contribution is -2.21. The fraction of sp³-hybridized carbons (Fsp3) is 0.167. The number of fused-ring (bicyclic) bond motifs is 1. The van der Waals surface area contributed by atoms with Gasteiger partial charge in [-0.15, -0.1) is 0 Å². The molecule has 0 radical (unpaired) electrons. The molecule has 0 spiro atoms. The standard InChI is InChI=1S/C12H10N4O4/c1-15-10-8(4-14-15)11(17)16(6-13-10)5-7-2-3-20-9(7)12(18)19/h2-4,6H,5H2,1H3,(H,18,19). The Morgan fingerprint density at radius 3 is 3.05 bits per heavy atom. The number of carboxylic acid groups (broad SMARTS) is 1. The van der Waals surface area contributed by atoms with Crippen molar-refractivity contribution in [3.63, 3.8) is 0 Å². The highest BCUT2D eigenvalue weighted by Gasteiger charge is 2.15. The van der Waals surface area contributed by atoms with Gasteiger partial charge in [0.15, 0.2) is 5.65 Å². The van der Waals surface area contributed by atoms with Crippen LogP contribution in [0.15, 0.2) is 34.1 Å². The van der Waals surface area contributed by atoms with Crippen molar-refractivity contribution in [3.05, 3.63) is 46.5 Å². The van der Waals surface area contributed by atoms with Crippen LogP contribution in [-0.2, 0) is 13.6 Å². The molecule has 0 fully saturated rings. The summed E-state index contributed by atoms with van der Waals surface area (Å²) in [6.07, 6.45) is 4.08. The van der Waals surface area contributed by atoms with E-state index < -0.39 is 5.97 Å². The zero-order valence-electron chi connectivity index (χ0n) is 10.5. The maximum atomic E-state index is 12.2. The number of hydrogen-bond donors (Lipinski definition) is 1. The number of rotatable bonds is 3. The summed E-state index contributed by atoms with van der Waals surface area (Å²) >= 11 is 0. The minimum absolute atomic E-state index is 0.0782. The molecule has 0 aromatic carbocycles. The van der Waals surface area contributed by atoms with Gasteiger partial charge < -0.3 is 9.52 Å². The Bertz CT molecular complexity index is 858. The highest BCUT2D eigenvalue weighted by atomic mass is 16.4. The number of carboxylic acids is 1. The Balaban J connectivity index is 2.07. The SMILES string of the molecule is Cn1ncc2c(=O)n(Cc3ccoc3C(=O)O)cnc21. The summed E-state index contributed by atoms with van der Waals surface area (Å²) in [5, 5.41) is 13.3. The van der Waals surface area contributed by atoms with Gasteiger partial charge in [-0.25, -0.2) is 9.78 Å². The Hall–Kier alpha value is -2.90. The van der Waals surface area contributed by atoms with Crippen LogP contribution in [0, 0.1) is 0 Å². The van der Waals surface area contributed by atoms with Gasteiger partial charge >= 0.3 is 5.97 Å². The predicted molar refractivity (Wildman–Crippen MR) is 67.5 cm³/mol. The van der Waals surface area contributed by atoms with Crippen LogP contribution in [0.25, 0.3) is 11.0 Å². The number of carbonyl (C=O) groups is 1. The molecule has 3 heterocycles. The molecule has 8 nitrogen and oxygen atoms in total. The third kappa shape index (κ3) is 1.78. The molecular formula is C12H10N4O4. The van der Waals surface area contributed by atoms with Crippen LogP contribution in [0.4, 0.5) is 0 Å². The maximum absolute atomic E-state index is 12.2. The molecule has 0 atom stereocenters. The van der Waals surface area contributed by atoms with E-state index in [-0.39, 0.29) is 17.9 Å². The van der Waals surface area contributed by atoms with E-state index in [1.165, 1.54) is 34.1 Å². The van der Waals surface area contributed by atoms with E-state index in [2.05, 4.69) is 10.1 Å². The molecule has 0 aliphatic carbocycles. The lowest BCUT2D eigenvalue weighted by molar-refractivity contribution is 0.0660. The molecule has 0 bridgehead atoms. The van der Waals surface area contributed by atoms with Crippen molar-refractivity contribution in [2.75, 3.05) is 0 Å². The number of nitrogens with zero attached hydrogens (tertiary/aromatic N) is 4. The van der Waals surface area contributed by atoms with E-state index in [1.807, 2.05) is 0 Å². The molecule has 3 rings (SSSR count). The Morgan fingerprint density at radius 1 is 1.50 bits per heavy atom. The summed E-state index contributed by atoms with van der Waals surface area (Å²) in [6.45, 7) is 0.0782. The second-order valence-corrected chi connectivity index (χ2v) is 4.26. The molecule has 0 unspecified atom stereocenters. The molecule has 0 amide bonds. The van der Waals surface area contributed by atoms with Gasteiger partial charge in [-0.2, -0.15) is 5.10 Å². The minimum Gasteiger partial charge on any atom is -0.475 e. The second-order valence-electron chi connectivity index (χ2n) is 4.26. The van der Waals surface area contributed by atoms with Crippen molar-refractivity contribution in [2.45, 2.75) is 6.54 Å². The van der Waals surface area contributed by atoms with Crippen molar-refractivity contribution in [1.82, 2.24) is 19.3 Å². The smallest absolute Gasteiger partial charge is 0.372 e. The average Bonchev–Trinajstić information content (AvgIpc) is 3.00. The summed E-state index contributed by atoms with van der Waals surface area (Å²) in [5.41, 5.74) is 0.613. The molecule has 3 aromatic heterocycles. The van der Waals surface area contributed by atoms with Crippen molar-refractivity contribution in [2.24, 2.45) is 7.05 Å². The third-order valence-corrected chi connectivity index (χ3v) is 3.00. The van der Waals surface area contributed by atoms with Crippen LogP contribution in [0.2, 0.25) is 0 Å². The fourth-order valence-electron chi connectivity index (χ4n) is 2.01. The molecule has 8 heteroatoms. The van der Waals surface area contributed by atoms with Gasteiger partial charge in [-0.1, -0.05) is 0 Å². The van der Waals surface area contributed by atoms with Gasteiger partial charge in [-0.05, 0) is 6.07 Å². The Kier molecular flexibility index (Phi) is 2.63. The molecule has 0 saturated heterocycles. The molecular weight excluding hydrogens is 264 g/mol. The first-order chi connectivity index (χ1) is 9.58. The van der Waals surface area contributed by atoms with Crippen LogP contribution in [-0.4, -0.2) is 30.4 Å². The van der Waals surface area contributed by atoms with Gasteiger partial charge in [0.25, 0.3) is 5.56 Å². The molecule has 3 aromatic rings. The van der Waals surface area contributed by atoms with Crippen molar-refractivity contribution < 1.29 is 14.3 Å². The highest BCUT2D eigenvalue weighted by molar-refractivity contribution is 5.86. The first-order valence-electron chi connectivity index (χ1n) is 5.74. The number of hydrogen-bond acceptors (Lipinski definition) is 5. The second kappa shape index (κ2) is 4.34. The molecule has 0 aliphatic heterocycles. The zero-order valence-corrected chi connectivity index (χ0v) is 10.5. The van der Waals surface area contributed by atoms with Crippen molar-refractivity contribution in [3.8, 4) is 0 Å². The van der Waals surface area contributed by atoms with E-state index in [9.17, 15) is 9.59 Å². The van der Waals surface area contributed by atoms with E-state index >= 15 is 0 Å². The number of aromatic nitrogens is 4. The Labute approximate surface area is 111 Å². The van der Waals surface area contributed by atoms with Gasteiger partial charge in [0, 0.05) is 12.6 Å². The van der Waals surface area contributed by atoms with E-state index in [1.54, 1.807) is 7.05 Å². The van der Waals surface area contributed by atoms with Gasteiger partial charge in [0.05, 0.1) is 19.0 Å². The lowest BCUT2D eigenvalue weighted by atomic mass is 10.2. The highest BCUT2D eigenvalue weighted by Crippen LogP contribution is 2.12. The monoisotopic (exact) mass is 274 g/mol. The quantitative estimate of drug-likeness (QED) is 0.744. The third-order valence-electron chi connectivity index (χ3n) is 3.00. The summed E-state index contributed by atoms with van der Waals surface area (Å²) in [4.78, 5) is 27.3. The maximum Gasteiger partial charge on any atom is 0.372 e. The molecule has 20 heavy (non-hydrogen) atoms. The first-order valence-corrected chi connectivity index (χ1v) is 5.74. The van der Waals surface area contributed by atoms with Gasteiger partial charge in [0.2, 0.25) is 5.76 Å². The summed E-state index contributed by atoms with van der Waals surface area (Å²) in [7, 11) is 1.69. The van der Waals surface area contributed by atoms with Crippen LogP contribution in [0.5, 0.6) is 0 Å². The van der Waals surface area contributed by atoms with Gasteiger partial charge in [0.1, 0.15) is 11.7 Å². The number of furan rings is 1. The fourth-order valence-corrected chi connectivity index (χ4v) is 2.01. The zero-order chi connectivity index (χ0) is 14.3. The average molecular weight is 274 g/mol. The van der Waals surface area contributed by atoms with Crippen molar-refractivity contribution in [1.29, 1.82) is 0 Å². The lowest BCUT2D eigenvalue weighted by Gasteiger charge is -2.04. The molecule has 102 valence electrons.